The summed E-state index contributed by atoms with van der Waals surface area (Å²) in [6.07, 6.45) is 1.39. The number of nitrogens with one attached hydrogen (secondary N) is 2. The number of ether oxygens (including phenoxy) is 2. The minimum Gasteiger partial charge on any atom is -0.484 e. The van der Waals surface area contributed by atoms with Crippen molar-refractivity contribution >= 4 is 23.3 Å². The van der Waals surface area contributed by atoms with Gasteiger partial charge in [-0.1, -0.05) is 30.3 Å². The Hall–Kier alpha value is -4.20. The Bertz CT molecular complexity index is 1150. The van der Waals surface area contributed by atoms with Crippen LogP contribution in [0.25, 0.3) is 0 Å². The lowest BCUT2D eigenvalue weighted by molar-refractivity contribution is -0.122. The summed E-state index contributed by atoms with van der Waals surface area (Å²) in [6.45, 7) is 1.22. The van der Waals surface area contributed by atoms with Gasteiger partial charge in [-0.2, -0.15) is 0 Å². The van der Waals surface area contributed by atoms with Crippen molar-refractivity contribution in [1.29, 1.82) is 0 Å². The standard InChI is InChI=1S/C24H21N3O5/c1-15(28)25-14-23(30)27-17-7-10-24(26-13-17)31-18-8-9-19-20(29)12-21(32-22(19)11-18)16-5-3-2-4-6-16/h2-11,13,21H,12,14H2,1H3,(H,25,28)(H,27,30). The number of Topliss-reactive ketones (excluding diaryl/α,β-unsaturated/α-hetero) is 1. The Morgan fingerprint density at radius 1 is 1.12 bits per heavy atom. The van der Waals surface area contributed by atoms with Gasteiger partial charge in [0, 0.05) is 19.1 Å². The number of hydrogen-bond acceptors (Lipinski definition) is 6. The number of carbonyl (C=O) groups is 3. The van der Waals surface area contributed by atoms with Crippen LogP contribution in [-0.2, 0) is 9.59 Å². The molecule has 0 fully saturated rings. The number of pyridine rings is 1. The summed E-state index contributed by atoms with van der Waals surface area (Å²) in [6, 6.07) is 17.9. The van der Waals surface area contributed by atoms with Crippen LogP contribution in [0.4, 0.5) is 5.69 Å². The Labute approximate surface area is 184 Å². The topological polar surface area (TPSA) is 107 Å². The number of nitrogens with zero attached hydrogens (tertiary/aromatic N) is 1. The van der Waals surface area contributed by atoms with E-state index in [-0.39, 0.29) is 36.7 Å². The maximum absolute atomic E-state index is 12.6. The molecule has 1 atom stereocenters. The van der Waals surface area contributed by atoms with Gasteiger partial charge in [0.25, 0.3) is 0 Å². The monoisotopic (exact) mass is 431 g/mol. The minimum atomic E-state index is -0.361. The van der Waals surface area contributed by atoms with Crippen molar-refractivity contribution in [3.63, 3.8) is 0 Å². The molecule has 8 heteroatoms. The van der Waals surface area contributed by atoms with Crippen molar-refractivity contribution < 1.29 is 23.9 Å². The zero-order valence-electron chi connectivity index (χ0n) is 17.3. The number of amides is 2. The van der Waals surface area contributed by atoms with E-state index in [0.717, 1.165) is 5.56 Å². The van der Waals surface area contributed by atoms with E-state index < -0.39 is 0 Å². The molecule has 0 saturated carbocycles. The smallest absolute Gasteiger partial charge is 0.243 e. The molecule has 1 aliphatic rings. The van der Waals surface area contributed by atoms with Crippen molar-refractivity contribution in [3.05, 3.63) is 78.0 Å². The molecule has 0 saturated heterocycles. The molecule has 2 amide bonds. The summed E-state index contributed by atoms with van der Waals surface area (Å²) < 4.78 is 11.9. The molecule has 4 rings (SSSR count). The molecule has 1 aliphatic heterocycles. The van der Waals surface area contributed by atoms with Gasteiger partial charge in [0.05, 0.1) is 30.4 Å². The van der Waals surface area contributed by atoms with E-state index in [9.17, 15) is 14.4 Å². The number of carbonyl (C=O) groups excluding carboxylic acids is 3. The highest BCUT2D eigenvalue weighted by Gasteiger charge is 2.28. The largest absolute Gasteiger partial charge is 0.484 e. The Morgan fingerprint density at radius 3 is 2.66 bits per heavy atom. The van der Waals surface area contributed by atoms with Crippen molar-refractivity contribution in [2.45, 2.75) is 19.4 Å². The molecule has 0 spiro atoms. The normalized spacial score (nSPS) is 14.7. The fourth-order valence-electron chi connectivity index (χ4n) is 3.27. The lowest BCUT2D eigenvalue weighted by Crippen LogP contribution is -2.31. The van der Waals surface area contributed by atoms with Crippen molar-refractivity contribution in [3.8, 4) is 17.4 Å². The third kappa shape index (κ3) is 5.10. The number of ketones is 1. The third-order valence-corrected chi connectivity index (χ3v) is 4.81. The lowest BCUT2D eigenvalue weighted by atomic mass is 9.96. The fourth-order valence-corrected chi connectivity index (χ4v) is 3.27. The number of hydrogen-bond donors (Lipinski definition) is 2. The zero-order chi connectivity index (χ0) is 22.5. The molecule has 0 aliphatic carbocycles. The van der Waals surface area contributed by atoms with Gasteiger partial charge in [-0.3, -0.25) is 14.4 Å². The van der Waals surface area contributed by atoms with Crippen LogP contribution in [0.2, 0.25) is 0 Å². The van der Waals surface area contributed by atoms with Crippen molar-refractivity contribution in [1.82, 2.24) is 10.3 Å². The number of rotatable bonds is 6. The molecule has 32 heavy (non-hydrogen) atoms. The Balaban J connectivity index is 1.43. The molecule has 2 N–H and O–H groups in total. The quantitative estimate of drug-likeness (QED) is 0.617. The first-order valence-corrected chi connectivity index (χ1v) is 10.0. The molecule has 1 unspecified atom stereocenters. The molecule has 162 valence electrons. The molecular weight excluding hydrogens is 410 g/mol. The maximum atomic E-state index is 12.6. The van der Waals surface area contributed by atoms with E-state index in [2.05, 4.69) is 15.6 Å². The van der Waals surface area contributed by atoms with Crippen LogP contribution in [0.15, 0.2) is 66.9 Å². The highest BCUT2D eigenvalue weighted by atomic mass is 16.5. The number of anilines is 1. The van der Waals surface area contributed by atoms with Crippen LogP contribution in [0.1, 0.15) is 35.4 Å². The molecule has 0 bridgehead atoms. The van der Waals surface area contributed by atoms with Crippen LogP contribution >= 0.6 is 0 Å². The second-order valence-corrected chi connectivity index (χ2v) is 7.25. The summed E-state index contributed by atoms with van der Waals surface area (Å²) in [5, 5.41) is 5.04. The zero-order valence-corrected chi connectivity index (χ0v) is 17.3. The van der Waals surface area contributed by atoms with Gasteiger partial charge in [-0.25, -0.2) is 4.98 Å². The average Bonchev–Trinajstić information content (AvgIpc) is 2.79. The summed E-state index contributed by atoms with van der Waals surface area (Å²) in [4.78, 5) is 39.4. The molecule has 2 aromatic carbocycles. The molecule has 0 radical (unpaired) electrons. The Morgan fingerprint density at radius 2 is 1.94 bits per heavy atom. The van der Waals surface area contributed by atoms with Crippen molar-refractivity contribution in [2.75, 3.05) is 11.9 Å². The molecule has 8 nitrogen and oxygen atoms in total. The second-order valence-electron chi connectivity index (χ2n) is 7.25. The van der Waals surface area contributed by atoms with E-state index in [1.807, 2.05) is 30.3 Å². The van der Waals surface area contributed by atoms with Crippen LogP contribution in [0.3, 0.4) is 0 Å². The van der Waals surface area contributed by atoms with Gasteiger partial charge < -0.3 is 20.1 Å². The van der Waals surface area contributed by atoms with E-state index in [4.69, 9.17) is 9.47 Å². The van der Waals surface area contributed by atoms with Crippen LogP contribution in [0.5, 0.6) is 17.4 Å². The SMILES string of the molecule is CC(=O)NCC(=O)Nc1ccc(Oc2ccc3c(c2)OC(c2ccccc2)CC3=O)nc1. The highest BCUT2D eigenvalue weighted by molar-refractivity contribution is 6.00. The Kier molecular flexibility index (Phi) is 6.12. The van der Waals surface area contributed by atoms with Gasteiger partial charge in [-0.15, -0.1) is 0 Å². The highest BCUT2D eigenvalue weighted by Crippen LogP contribution is 2.37. The first kappa shape index (κ1) is 21.0. The lowest BCUT2D eigenvalue weighted by Gasteiger charge is -2.25. The number of aromatic nitrogens is 1. The predicted molar refractivity (Wildman–Crippen MR) is 117 cm³/mol. The molecule has 3 aromatic rings. The van der Waals surface area contributed by atoms with Gasteiger partial charge in [-0.05, 0) is 23.8 Å². The van der Waals surface area contributed by atoms with E-state index in [1.165, 1.54) is 13.1 Å². The van der Waals surface area contributed by atoms with Gasteiger partial charge in [0.1, 0.15) is 17.6 Å². The first-order valence-electron chi connectivity index (χ1n) is 10.0. The predicted octanol–water partition coefficient (Wildman–Crippen LogP) is 3.66. The van der Waals surface area contributed by atoms with Crippen molar-refractivity contribution in [2.24, 2.45) is 0 Å². The van der Waals surface area contributed by atoms with Gasteiger partial charge in [0.2, 0.25) is 17.7 Å². The first-order chi connectivity index (χ1) is 15.5. The summed E-state index contributed by atoms with van der Waals surface area (Å²) in [7, 11) is 0. The second kappa shape index (κ2) is 9.30. The molecule has 1 aromatic heterocycles. The molecular formula is C24H21N3O5. The summed E-state index contributed by atoms with van der Waals surface area (Å²) in [5.41, 5.74) is 1.93. The van der Waals surface area contributed by atoms with E-state index >= 15 is 0 Å². The summed E-state index contributed by atoms with van der Waals surface area (Å²) in [5.74, 6) is 0.623. The van der Waals surface area contributed by atoms with Crippen LogP contribution < -0.4 is 20.1 Å². The maximum Gasteiger partial charge on any atom is 0.243 e. The van der Waals surface area contributed by atoms with Gasteiger partial charge in [0.15, 0.2) is 5.78 Å². The van der Waals surface area contributed by atoms with E-state index in [1.54, 1.807) is 30.3 Å². The third-order valence-electron chi connectivity index (χ3n) is 4.81. The summed E-state index contributed by atoms with van der Waals surface area (Å²) >= 11 is 0. The van der Waals surface area contributed by atoms with Gasteiger partial charge >= 0.3 is 0 Å². The van der Waals surface area contributed by atoms with Crippen LogP contribution in [0, 0.1) is 0 Å². The minimum absolute atomic E-state index is 0.0177. The number of benzene rings is 2. The van der Waals surface area contributed by atoms with E-state index in [0.29, 0.717) is 28.6 Å². The molecule has 2 heterocycles. The average molecular weight is 431 g/mol. The fraction of sp³-hybridized carbons (Fsp3) is 0.167. The number of fused-ring (bicyclic) bond motifs is 1. The van der Waals surface area contributed by atoms with Crippen LogP contribution in [-0.4, -0.2) is 29.1 Å².